The Morgan fingerprint density at radius 3 is 2.65 bits per heavy atom. The molecule has 1 unspecified atom stereocenters. The summed E-state index contributed by atoms with van der Waals surface area (Å²) in [6, 6.07) is 13.2. The Morgan fingerprint density at radius 2 is 2.00 bits per heavy atom. The smallest absolute Gasteiger partial charge is 0.322 e. The number of ether oxygens (including phenoxy) is 1. The van der Waals surface area contributed by atoms with Crippen LogP contribution in [0.3, 0.4) is 0 Å². The first-order valence-corrected chi connectivity index (χ1v) is 12.7. The fraction of sp³-hybridized carbons (Fsp3) is 0.375. The fourth-order valence-corrected chi connectivity index (χ4v) is 5.19. The Bertz CT molecular complexity index is 1190. The van der Waals surface area contributed by atoms with Gasteiger partial charge in [-0.15, -0.1) is 0 Å². The van der Waals surface area contributed by atoms with Gasteiger partial charge in [0.05, 0.1) is 36.2 Å². The lowest BCUT2D eigenvalue weighted by atomic mass is 9.97. The maximum Gasteiger partial charge on any atom is 0.322 e. The molecule has 1 saturated heterocycles. The van der Waals surface area contributed by atoms with E-state index in [-0.39, 0.29) is 31.2 Å². The van der Waals surface area contributed by atoms with Crippen molar-refractivity contribution in [2.45, 2.75) is 38.6 Å². The number of nitrogens with zero attached hydrogens (tertiary/aromatic N) is 2. The highest BCUT2D eigenvalue weighted by Gasteiger charge is 2.35. The molecule has 0 radical (unpaired) electrons. The number of carbonyl (C=O) groups is 2. The monoisotopic (exact) mass is 484 g/mol. The molecule has 9 nitrogen and oxygen atoms in total. The SMILES string of the molecule is CCCCS(=O)(=O)Nc1c(CCC(=O)OC)cccc1C1CNC(=O)N1c1ccc(C#N)cc1. The minimum absolute atomic E-state index is 0.0323. The lowest BCUT2D eigenvalue weighted by Gasteiger charge is -2.27. The number of hydrogen-bond acceptors (Lipinski definition) is 6. The van der Waals surface area contributed by atoms with Gasteiger partial charge in [0.1, 0.15) is 0 Å². The van der Waals surface area contributed by atoms with Crippen molar-refractivity contribution < 1.29 is 22.7 Å². The second kappa shape index (κ2) is 11.0. The van der Waals surface area contributed by atoms with Gasteiger partial charge in [-0.2, -0.15) is 5.26 Å². The number of amides is 2. The number of para-hydroxylation sites is 1. The number of benzene rings is 2. The van der Waals surface area contributed by atoms with Crippen molar-refractivity contribution in [3.8, 4) is 6.07 Å². The van der Waals surface area contributed by atoms with Crippen molar-refractivity contribution in [3.05, 3.63) is 59.2 Å². The molecule has 10 heteroatoms. The summed E-state index contributed by atoms with van der Waals surface area (Å²) >= 11 is 0. The highest BCUT2D eigenvalue weighted by atomic mass is 32.2. The molecule has 1 heterocycles. The van der Waals surface area contributed by atoms with Gasteiger partial charge in [0.25, 0.3) is 0 Å². The molecule has 2 N–H and O–H groups in total. The largest absolute Gasteiger partial charge is 0.469 e. The Hall–Kier alpha value is -3.58. The molecule has 2 amide bonds. The van der Waals surface area contributed by atoms with E-state index in [0.717, 1.165) is 6.42 Å². The van der Waals surface area contributed by atoms with Crippen LogP contribution in [0.2, 0.25) is 0 Å². The summed E-state index contributed by atoms with van der Waals surface area (Å²) < 4.78 is 33.1. The van der Waals surface area contributed by atoms with Crippen LogP contribution in [0, 0.1) is 11.3 Å². The molecule has 1 atom stereocenters. The van der Waals surface area contributed by atoms with Crippen LogP contribution in [0.25, 0.3) is 0 Å². The first-order chi connectivity index (χ1) is 16.3. The highest BCUT2D eigenvalue weighted by Crippen LogP contribution is 2.37. The Morgan fingerprint density at radius 1 is 1.26 bits per heavy atom. The molecule has 0 bridgehead atoms. The number of carbonyl (C=O) groups excluding carboxylic acids is 2. The standard InChI is InChI=1S/C24H28N4O5S/c1-3-4-14-34(31,32)27-23-18(10-13-22(29)33-2)6-5-7-20(23)21-16-26-24(30)28(21)19-11-8-17(15-25)9-12-19/h5-9,11-12,21,27H,3-4,10,13-14,16H2,1-2H3,(H,26,30). The lowest BCUT2D eigenvalue weighted by molar-refractivity contribution is -0.140. The van der Waals surface area contributed by atoms with Crippen molar-refractivity contribution in [1.29, 1.82) is 5.26 Å². The number of hydrogen-bond donors (Lipinski definition) is 2. The molecular formula is C24H28N4O5S. The van der Waals surface area contributed by atoms with Crippen LogP contribution < -0.4 is 14.9 Å². The molecule has 2 aromatic carbocycles. The summed E-state index contributed by atoms with van der Waals surface area (Å²) in [7, 11) is -2.34. The minimum Gasteiger partial charge on any atom is -0.469 e. The number of urea groups is 1. The molecule has 34 heavy (non-hydrogen) atoms. The van der Waals surface area contributed by atoms with Crippen LogP contribution in [0.15, 0.2) is 42.5 Å². The van der Waals surface area contributed by atoms with E-state index in [1.807, 2.05) is 6.92 Å². The van der Waals surface area contributed by atoms with Crippen LogP contribution in [-0.2, 0) is 26.0 Å². The average molecular weight is 485 g/mol. The summed E-state index contributed by atoms with van der Waals surface area (Å²) in [6.45, 7) is 2.18. The lowest BCUT2D eigenvalue weighted by Crippen LogP contribution is -2.30. The van der Waals surface area contributed by atoms with E-state index in [0.29, 0.717) is 34.5 Å². The van der Waals surface area contributed by atoms with E-state index in [4.69, 9.17) is 10.00 Å². The van der Waals surface area contributed by atoms with E-state index in [2.05, 4.69) is 16.1 Å². The maximum absolute atomic E-state index is 12.8. The third-order valence-electron chi connectivity index (χ3n) is 5.64. The zero-order valence-electron chi connectivity index (χ0n) is 19.2. The van der Waals surface area contributed by atoms with Gasteiger partial charge in [0.15, 0.2) is 0 Å². The number of nitrogens with one attached hydrogen (secondary N) is 2. The Labute approximate surface area is 199 Å². The van der Waals surface area contributed by atoms with Crippen LogP contribution >= 0.6 is 0 Å². The number of anilines is 2. The highest BCUT2D eigenvalue weighted by molar-refractivity contribution is 7.92. The summed E-state index contributed by atoms with van der Waals surface area (Å²) in [6.07, 6.45) is 1.60. The molecule has 0 aromatic heterocycles. The number of methoxy groups -OCH3 is 1. The Kier molecular flexibility index (Phi) is 8.12. The van der Waals surface area contributed by atoms with Gasteiger partial charge in [0, 0.05) is 24.2 Å². The van der Waals surface area contributed by atoms with E-state index in [1.165, 1.54) is 7.11 Å². The van der Waals surface area contributed by atoms with Gasteiger partial charge in [0.2, 0.25) is 10.0 Å². The van der Waals surface area contributed by atoms with E-state index >= 15 is 0 Å². The van der Waals surface area contributed by atoms with Crippen LogP contribution in [0.5, 0.6) is 0 Å². The number of rotatable bonds is 10. The van der Waals surface area contributed by atoms with Gasteiger partial charge >= 0.3 is 12.0 Å². The maximum atomic E-state index is 12.8. The van der Waals surface area contributed by atoms with Crippen molar-refractivity contribution in [1.82, 2.24) is 5.32 Å². The number of unbranched alkanes of at least 4 members (excludes halogenated alkanes) is 1. The summed E-state index contributed by atoms with van der Waals surface area (Å²) in [5.74, 6) is -0.433. The molecule has 1 aliphatic heterocycles. The molecule has 2 aromatic rings. The first kappa shape index (κ1) is 25.1. The summed E-state index contributed by atoms with van der Waals surface area (Å²) in [4.78, 5) is 26.0. The zero-order valence-corrected chi connectivity index (χ0v) is 20.0. The fourth-order valence-electron chi connectivity index (χ4n) is 3.85. The predicted octanol–water partition coefficient (Wildman–Crippen LogP) is 3.48. The molecule has 3 rings (SSSR count). The molecule has 180 valence electrons. The van der Waals surface area contributed by atoms with Crippen molar-refractivity contribution in [3.63, 3.8) is 0 Å². The normalized spacial score (nSPS) is 15.5. The number of esters is 1. The molecule has 1 fully saturated rings. The third kappa shape index (κ3) is 5.85. The van der Waals surface area contributed by atoms with E-state index in [1.54, 1.807) is 47.4 Å². The number of sulfonamides is 1. The van der Waals surface area contributed by atoms with Crippen LogP contribution in [0.1, 0.15) is 48.9 Å². The summed E-state index contributed by atoms with van der Waals surface area (Å²) in [5, 5.41) is 11.9. The molecule has 0 saturated carbocycles. The summed E-state index contributed by atoms with van der Waals surface area (Å²) in [5.41, 5.74) is 2.68. The van der Waals surface area contributed by atoms with Crippen molar-refractivity contribution in [2.24, 2.45) is 0 Å². The second-order valence-electron chi connectivity index (χ2n) is 7.96. The van der Waals surface area contributed by atoms with Crippen LogP contribution in [-0.4, -0.2) is 39.8 Å². The van der Waals surface area contributed by atoms with Crippen LogP contribution in [0.4, 0.5) is 16.2 Å². The van der Waals surface area contributed by atoms with Gasteiger partial charge in [-0.25, -0.2) is 13.2 Å². The van der Waals surface area contributed by atoms with Gasteiger partial charge in [-0.3, -0.25) is 14.4 Å². The second-order valence-corrected chi connectivity index (χ2v) is 9.80. The predicted molar refractivity (Wildman–Crippen MR) is 129 cm³/mol. The minimum atomic E-state index is -3.65. The van der Waals surface area contributed by atoms with E-state index < -0.39 is 22.0 Å². The average Bonchev–Trinajstić information content (AvgIpc) is 3.22. The number of nitriles is 1. The molecule has 0 spiro atoms. The Balaban J connectivity index is 2.04. The third-order valence-corrected chi connectivity index (χ3v) is 6.99. The number of aryl methyl sites for hydroxylation is 1. The van der Waals surface area contributed by atoms with Gasteiger partial charge < -0.3 is 10.1 Å². The van der Waals surface area contributed by atoms with Gasteiger partial charge in [-0.1, -0.05) is 31.5 Å². The van der Waals surface area contributed by atoms with Crippen molar-refractivity contribution in [2.75, 3.05) is 29.0 Å². The van der Waals surface area contributed by atoms with E-state index in [9.17, 15) is 18.0 Å². The quantitative estimate of drug-likeness (QED) is 0.497. The van der Waals surface area contributed by atoms with Gasteiger partial charge in [-0.05, 0) is 42.7 Å². The zero-order chi connectivity index (χ0) is 24.7. The first-order valence-electron chi connectivity index (χ1n) is 11.1. The van der Waals surface area contributed by atoms with Crippen molar-refractivity contribution >= 4 is 33.4 Å². The topological polar surface area (TPSA) is 129 Å². The molecular weight excluding hydrogens is 456 g/mol. The molecule has 1 aliphatic rings. The molecule has 0 aliphatic carbocycles.